The maximum absolute atomic E-state index is 12.7. The molecule has 1 aliphatic rings. The normalized spacial score (nSPS) is 16.3. The lowest BCUT2D eigenvalue weighted by atomic mass is 10.1. The van der Waals surface area contributed by atoms with Crippen molar-refractivity contribution in [1.29, 1.82) is 0 Å². The van der Waals surface area contributed by atoms with Crippen LogP contribution in [0.4, 0.5) is 0 Å². The first-order valence-electron chi connectivity index (χ1n) is 9.40. The highest BCUT2D eigenvalue weighted by atomic mass is 16.5. The number of rotatable bonds is 6. The van der Waals surface area contributed by atoms with E-state index in [-0.39, 0.29) is 5.91 Å². The number of carbonyl (C=O) groups is 1. The lowest BCUT2D eigenvalue weighted by molar-refractivity contribution is -0.139. The van der Waals surface area contributed by atoms with E-state index < -0.39 is 6.10 Å². The summed E-state index contributed by atoms with van der Waals surface area (Å²) in [5, 5.41) is 0. The van der Waals surface area contributed by atoms with Crippen molar-refractivity contribution in [3.8, 4) is 5.75 Å². The topological polar surface area (TPSA) is 32.8 Å². The molecule has 1 atom stereocenters. The molecule has 4 heteroatoms. The lowest BCUT2D eigenvalue weighted by Crippen LogP contribution is -2.52. The van der Waals surface area contributed by atoms with Crippen molar-refractivity contribution in [3.05, 3.63) is 65.7 Å². The predicted molar refractivity (Wildman–Crippen MR) is 104 cm³/mol. The fourth-order valence-electron chi connectivity index (χ4n) is 3.32. The van der Waals surface area contributed by atoms with Gasteiger partial charge < -0.3 is 9.64 Å². The van der Waals surface area contributed by atoms with E-state index in [1.165, 1.54) is 5.56 Å². The minimum Gasteiger partial charge on any atom is -0.481 e. The largest absolute Gasteiger partial charge is 0.481 e. The van der Waals surface area contributed by atoms with Crippen LogP contribution >= 0.6 is 0 Å². The summed E-state index contributed by atoms with van der Waals surface area (Å²) in [6, 6.07) is 18.4. The molecule has 4 nitrogen and oxygen atoms in total. The molecule has 0 bridgehead atoms. The first-order chi connectivity index (χ1) is 12.6. The monoisotopic (exact) mass is 352 g/mol. The number of amides is 1. The second-order valence-electron chi connectivity index (χ2n) is 6.98. The molecular weight excluding hydrogens is 324 g/mol. The molecule has 0 N–H and O–H groups in total. The molecule has 3 rings (SSSR count). The van der Waals surface area contributed by atoms with E-state index in [1.807, 2.05) is 49.1 Å². The van der Waals surface area contributed by atoms with Gasteiger partial charge in [-0.2, -0.15) is 0 Å². The first kappa shape index (κ1) is 18.5. The van der Waals surface area contributed by atoms with E-state index in [0.29, 0.717) is 0 Å². The highest BCUT2D eigenvalue weighted by Crippen LogP contribution is 2.16. The molecule has 0 saturated carbocycles. The Hall–Kier alpha value is -2.33. The molecule has 1 aliphatic heterocycles. The van der Waals surface area contributed by atoms with Crippen molar-refractivity contribution in [2.24, 2.45) is 0 Å². The molecule has 1 fully saturated rings. The van der Waals surface area contributed by atoms with E-state index in [4.69, 9.17) is 4.74 Å². The Morgan fingerprint density at radius 2 is 1.77 bits per heavy atom. The van der Waals surface area contributed by atoms with Gasteiger partial charge in [-0.05, 0) is 43.5 Å². The summed E-state index contributed by atoms with van der Waals surface area (Å²) in [6.07, 6.45) is 0.606. The molecule has 2 aromatic carbocycles. The van der Waals surface area contributed by atoms with Gasteiger partial charge in [0.05, 0.1) is 0 Å². The summed E-state index contributed by atoms with van der Waals surface area (Å²) in [6.45, 7) is 8.30. The van der Waals surface area contributed by atoms with Gasteiger partial charge in [0.25, 0.3) is 5.91 Å². The van der Waals surface area contributed by atoms with Crippen LogP contribution < -0.4 is 4.74 Å². The number of nitrogens with zero attached hydrogens (tertiary/aromatic N) is 2. The Balaban J connectivity index is 1.44. The molecule has 1 amide bonds. The van der Waals surface area contributed by atoms with Crippen LogP contribution in [0.5, 0.6) is 5.75 Å². The summed E-state index contributed by atoms with van der Waals surface area (Å²) in [4.78, 5) is 17.0. The van der Waals surface area contributed by atoms with Gasteiger partial charge in [-0.15, -0.1) is 0 Å². The Morgan fingerprint density at radius 1 is 1.04 bits per heavy atom. The van der Waals surface area contributed by atoms with Crippen LogP contribution in [0.15, 0.2) is 54.6 Å². The number of ether oxygens (including phenoxy) is 1. The van der Waals surface area contributed by atoms with Crippen molar-refractivity contribution in [3.63, 3.8) is 0 Å². The number of benzene rings is 2. The third-order valence-electron chi connectivity index (χ3n) is 4.89. The van der Waals surface area contributed by atoms with Crippen LogP contribution in [0.2, 0.25) is 0 Å². The smallest absolute Gasteiger partial charge is 0.263 e. The Kier molecular flexibility index (Phi) is 6.29. The third kappa shape index (κ3) is 5.09. The number of hydrogen-bond donors (Lipinski definition) is 0. The first-order valence-corrected chi connectivity index (χ1v) is 9.40. The zero-order chi connectivity index (χ0) is 18.4. The average Bonchev–Trinajstić information content (AvgIpc) is 2.67. The van der Waals surface area contributed by atoms with Crippen LogP contribution in [0.3, 0.4) is 0 Å². The fourth-order valence-corrected chi connectivity index (χ4v) is 3.32. The van der Waals surface area contributed by atoms with Gasteiger partial charge in [0.15, 0.2) is 6.10 Å². The molecule has 26 heavy (non-hydrogen) atoms. The fraction of sp³-hybridized carbons (Fsp3) is 0.409. The molecule has 2 aromatic rings. The van der Waals surface area contributed by atoms with Crippen molar-refractivity contribution in [2.45, 2.75) is 26.4 Å². The minimum absolute atomic E-state index is 0.0780. The standard InChI is InChI=1S/C22H28N2O2/c1-18-7-6-10-21(17-18)26-19(2)22(25)24-15-13-23(14-16-24)12-11-20-8-4-3-5-9-20/h3-10,17,19H,11-16H2,1-2H3. The van der Waals surface area contributed by atoms with Gasteiger partial charge in [-0.25, -0.2) is 0 Å². The SMILES string of the molecule is Cc1cccc(OC(C)C(=O)N2CCN(CCc3ccccc3)CC2)c1. The second kappa shape index (κ2) is 8.86. The second-order valence-corrected chi connectivity index (χ2v) is 6.98. The number of aryl methyl sites for hydroxylation is 1. The van der Waals surface area contributed by atoms with E-state index >= 15 is 0 Å². The van der Waals surface area contributed by atoms with Crippen molar-refractivity contribution < 1.29 is 9.53 Å². The summed E-state index contributed by atoms with van der Waals surface area (Å²) < 4.78 is 5.84. The Morgan fingerprint density at radius 3 is 2.46 bits per heavy atom. The summed E-state index contributed by atoms with van der Waals surface area (Å²) in [7, 11) is 0. The summed E-state index contributed by atoms with van der Waals surface area (Å²) in [5.74, 6) is 0.835. The molecule has 0 spiro atoms. The molecule has 1 heterocycles. The maximum Gasteiger partial charge on any atom is 0.263 e. The number of hydrogen-bond acceptors (Lipinski definition) is 3. The molecular formula is C22H28N2O2. The Labute approximate surface area is 156 Å². The molecule has 1 saturated heterocycles. The minimum atomic E-state index is -0.451. The molecule has 0 aromatic heterocycles. The lowest BCUT2D eigenvalue weighted by Gasteiger charge is -2.35. The van der Waals surface area contributed by atoms with Gasteiger partial charge in [0, 0.05) is 32.7 Å². The third-order valence-corrected chi connectivity index (χ3v) is 4.89. The average molecular weight is 352 g/mol. The van der Waals surface area contributed by atoms with Crippen LogP contribution in [-0.4, -0.2) is 54.5 Å². The summed E-state index contributed by atoms with van der Waals surface area (Å²) in [5.41, 5.74) is 2.50. The highest BCUT2D eigenvalue weighted by molar-refractivity contribution is 5.81. The van der Waals surface area contributed by atoms with Gasteiger partial charge in [0.1, 0.15) is 5.75 Å². The van der Waals surface area contributed by atoms with Crippen molar-refractivity contribution in [2.75, 3.05) is 32.7 Å². The van der Waals surface area contributed by atoms with Gasteiger partial charge in [-0.3, -0.25) is 9.69 Å². The molecule has 0 radical (unpaired) electrons. The summed E-state index contributed by atoms with van der Waals surface area (Å²) >= 11 is 0. The van der Waals surface area contributed by atoms with Crippen LogP contribution in [0.25, 0.3) is 0 Å². The van der Waals surface area contributed by atoms with E-state index in [9.17, 15) is 4.79 Å². The van der Waals surface area contributed by atoms with E-state index in [0.717, 1.165) is 50.5 Å². The Bertz CT molecular complexity index is 709. The van der Waals surface area contributed by atoms with Gasteiger partial charge in [-0.1, -0.05) is 42.5 Å². The van der Waals surface area contributed by atoms with Crippen molar-refractivity contribution in [1.82, 2.24) is 9.80 Å². The van der Waals surface area contributed by atoms with Crippen LogP contribution in [0.1, 0.15) is 18.1 Å². The van der Waals surface area contributed by atoms with Crippen LogP contribution in [0, 0.1) is 6.92 Å². The van der Waals surface area contributed by atoms with E-state index in [1.54, 1.807) is 0 Å². The van der Waals surface area contributed by atoms with Crippen LogP contribution in [-0.2, 0) is 11.2 Å². The number of piperazine rings is 1. The highest BCUT2D eigenvalue weighted by Gasteiger charge is 2.25. The van der Waals surface area contributed by atoms with Gasteiger partial charge >= 0.3 is 0 Å². The predicted octanol–water partition coefficient (Wildman–Crippen LogP) is 3.15. The number of carbonyl (C=O) groups excluding carboxylic acids is 1. The zero-order valence-electron chi connectivity index (χ0n) is 15.7. The van der Waals surface area contributed by atoms with Crippen molar-refractivity contribution >= 4 is 5.91 Å². The molecule has 0 aliphatic carbocycles. The maximum atomic E-state index is 12.7. The molecule has 1 unspecified atom stereocenters. The quantitative estimate of drug-likeness (QED) is 0.801. The van der Waals surface area contributed by atoms with Gasteiger partial charge in [0.2, 0.25) is 0 Å². The molecule has 138 valence electrons. The zero-order valence-corrected chi connectivity index (χ0v) is 15.7. The van der Waals surface area contributed by atoms with E-state index in [2.05, 4.69) is 29.2 Å².